The molecule has 0 aliphatic rings. The molecule has 0 atom stereocenters. The van der Waals surface area contributed by atoms with Crippen LogP contribution < -0.4 is 10.6 Å². The summed E-state index contributed by atoms with van der Waals surface area (Å²) in [4.78, 5) is 23.9. The minimum absolute atomic E-state index is 0.0875. The topological polar surface area (TPSA) is 58.2 Å². The lowest BCUT2D eigenvalue weighted by molar-refractivity contribution is -0.116. The number of carbonyl (C=O) groups is 2. The Bertz CT molecular complexity index is 797. The number of aryl methyl sites for hydroxylation is 1. The summed E-state index contributed by atoms with van der Waals surface area (Å²) in [6.45, 7) is 2.25. The number of benzene rings is 2. The molecule has 2 N–H and O–H groups in total. The second-order valence-corrected chi connectivity index (χ2v) is 5.76. The van der Waals surface area contributed by atoms with Crippen molar-refractivity contribution in [2.45, 2.75) is 19.8 Å². The Kier molecular flexibility index (Phi) is 6.47. The number of hydrogen-bond donors (Lipinski definition) is 2. The van der Waals surface area contributed by atoms with Crippen molar-refractivity contribution >= 4 is 29.1 Å². The summed E-state index contributed by atoms with van der Waals surface area (Å²) in [5.74, 6) is -2.51. The molecule has 0 heterocycles. The predicted octanol–water partition coefficient (Wildman–Crippen LogP) is 3.94. The Labute approximate surface area is 149 Å². The summed E-state index contributed by atoms with van der Waals surface area (Å²) in [6, 6.07) is 8.13. The third-order valence-corrected chi connectivity index (χ3v) is 3.79. The number of hydrogen-bond acceptors (Lipinski definition) is 2. The van der Waals surface area contributed by atoms with Crippen LogP contribution in [0.3, 0.4) is 0 Å². The van der Waals surface area contributed by atoms with Crippen LogP contribution in [-0.4, -0.2) is 18.4 Å². The Morgan fingerprint density at radius 3 is 2.52 bits per heavy atom. The zero-order valence-electron chi connectivity index (χ0n) is 13.5. The van der Waals surface area contributed by atoms with Gasteiger partial charge in [0.2, 0.25) is 5.91 Å². The molecule has 0 spiro atoms. The van der Waals surface area contributed by atoms with Crippen LogP contribution in [0.1, 0.15) is 29.3 Å². The molecule has 0 aliphatic heterocycles. The summed E-state index contributed by atoms with van der Waals surface area (Å²) in [5, 5.41) is 5.58. The Morgan fingerprint density at radius 2 is 1.84 bits per heavy atom. The lowest BCUT2D eigenvalue weighted by Crippen LogP contribution is -2.23. The molecule has 7 heteroatoms. The first kappa shape index (κ1) is 18.9. The van der Waals surface area contributed by atoms with E-state index in [4.69, 9.17) is 11.6 Å². The molecule has 2 aromatic carbocycles. The van der Waals surface area contributed by atoms with Crippen LogP contribution in [0.5, 0.6) is 0 Å². The van der Waals surface area contributed by atoms with Crippen molar-refractivity contribution in [1.82, 2.24) is 5.32 Å². The second kappa shape index (κ2) is 8.58. The van der Waals surface area contributed by atoms with E-state index in [2.05, 4.69) is 10.6 Å². The molecule has 0 aromatic heterocycles. The number of halogens is 3. The maximum atomic E-state index is 13.1. The highest BCUT2D eigenvalue weighted by Crippen LogP contribution is 2.21. The number of rotatable bonds is 6. The van der Waals surface area contributed by atoms with Gasteiger partial charge in [0.05, 0.1) is 10.6 Å². The normalized spacial score (nSPS) is 10.4. The van der Waals surface area contributed by atoms with Crippen molar-refractivity contribution in [1.29, 1.82) is 0 Å². The molecule has 132 valence electrons. The second-order valence-electron chi connectivity index (χ2n) is 5.35. The van der Waals surface area contributed by atoms with Crippen molar-refractivity contribution < 1.29 is 18.4 Å². The highest BCUT2D eigenvalue weighted by atomic mass is 35.5. The van der Waals surface area contributed by atoms with Gasteiger partial charge in [-0.3, -0.25) is 9.59 Å². The average molecular weight is 367 g/mol. The predicted molar refractivity (Wildman–Crippen MR) is 92.8 cm³/mol. The maximum Gasteiger partial charge on any atom is 0.252 e. The summed E-state index contributed by atoms with van der Waals surface area (Å²) < 4.78 is 26.0. The zero-order valence-corrected chi connectivity index (χ0v) is 14.3. The van der Waals surface area contributed by atoms with Gasteiger partial charge in [0, 0.05) is 18.7 Å². The first-order chi connectivity index (χ1) is 11.9. The van der Waals surface area contributed by atoms with Crippen molar-refractivity contribution in [2.24, 2.45) is 0 Å². The minimum atomic E-state index is -0.942. The quantitative estimate of drug-likeness (QED) is 0.813. The van der Waals surface area contributed by atoms with E-state index in [1.165, 1.54) is 18.2 Å². The molecule has 0 saturated carbocycles. The smallest absolute Gasteiger partial charge is 0.252 e. The number of carbonyl (C=O) groups excluding carboxylic acids is 2. The van der Waals surface area contributed by atoms with Crippen LogP contribution in [0.15, 0.2) is 36.4 Å². The van der Waals surface area contributed by atoms with Gasteiger partial charge in [0.25, 0.3) is 5.91 Å². The molecule has 0 unspecified atom stereocenters. The zero-order chi connectivity index (χ0) is 18.4. The standard InChI is InChI=1S/C18H17ClF2N2O2/c1-2-22-18(25)13-10-12(5-6-14(13)19)23-17(24)8-4-11-3-7-15(20)16(21)9-11/h3,5-7,9-10H,2,4,8H2,1H3,(H,22,25)(H,23,24). The summed E-state index contributed by atoms with van der Waals surface area (Å²) in [7, 11) is 0. The van der Waals surface area contributed by atoms with Gasteiger partial charge in [-0.1, -0.05) is 17.7 Å². The third-order valence-electron chi connectivity index (χ3n) is 3.46. The fraction of sp³-hybridized carbons (Fsp3) is 0.222. The van der Waals surface area contributed by atoms with Crippen molar-refractivity contribution in [3.05, 3.63) is 64.2 Å². The molecule has 0 aliphatic carbocycles. The molecule has 2 aromatic rings. The van der Waals surface area contributed by atoms with Crippen LogP contribution in [0, 0.1) is 11.6 Å². The van der Waals surface area contributed by atoms with Crippen molar-refractivity contribution in [3.8, 4) is 0 Å². The Hall–Kier alpha value is -2.47. The molecule has 2 rings (SSSR count). The number of amides is 2. The van der Waals surface area contributed by atoms with Crippen LogP contribution in [-0.2, 0) is 11.2 Å². The summed E-state index contributed by atoms with van der Waals surface area (Å²) in [6.07, 6.45) is 0.351. The molecule has 0 saturated heterocycles. The molecular weight excluding hydrogens is 350 g/mol. The fourth-order valence-electron chi connectivity index (χ4n) is 2.21. The Morgan fingerprint density at radius 1 is 1.08 bits per heavy atom. The summed E-state index contributed by atoms with van der Waals surface area (Å²) in [5.41, 5.74) is 1.22. The lowest BCUT2D eigenvalue weighted by Gasteiger charge is -2.09. The van der Waals surface area contributed by atoms with Crippen LogP contribution in [0.4, 0.5) is 14.5 Å². The molecule has 4 nitrogen and oxygen atoms in total. The Balaban J connectivity index is 1.99. The van der Waals surface area contributed by atoms with Gasteiger partial charge in [0.1, 0.15) is 0 Å². The van der Waals surface area contributed by atoms with Gasteiger partial charge >= 0.3 is 0 Å². The molecule has 25 heavy (non-hydrogen) atoms. The van der Waals surface area contributed by atoms with E-state index in [-0.39, 0.29) is 35.2 Å². The average Bonchev–Trinajstić information content (AvgIpc) is 2.58. The first-order valence-electron chi connectivity index (χ1n) is 7.72. The first-order valence-corrected chi connectivity index (χ1v) is 8.10. The van der Waals surface area contributed by atoms with Crippen LogP contribution in [0.2, 0.25) is 5.02 Å². The molecule has 0 fully saturated rings. The fourth-order valence-corrected chi connectivity index (χ4v) is 2.41. The molecular formula is C18H17ClF2N2O2. The van der Waals surface area contributed by atoms with Gasteiger partial charge in [-0.25, -0.2) is 8.78 Å². The number of nitrogens with one attached hydrogen (secondary N) is 2. The largest absolute Gasteiger partial charge is 0.352 e. The van der Waals surface area contributed by atoms with E-state index in [0.29, 0.717) is 17.8 Å². The van der Waals surface area contributed by atoms with Gasteiger partial charge in [0.15, 0.2) is 11.6 Å². The maximum absolute atomic E-state index is 13.1. The van der Waals surface area contributed by atoms with E-state index in [9.17, 15) is 18.4 Å². The SMILES string of the molecule is CCNC(=O)c1cc(NC(=O)CCc2ccc(F)c(F)c2)ccc1Cl. The van der Waals surface area contributed by atoms with Gasteiger partial charge in [-0.05, 0) is 49.2 Å². The third kappa shape index (κ3) is 5.26. The molecule has 0 bridgehead atoms. The highest BCUT2D eigenvalue weighted by Gasteiger charge is 2.12. The van der Waals surface area contributed by atoms with Gasteiger partial charge in [-0.15, -0.1) is 0 Å². The van der Waals surface area contributed by atoms with E-state index >= 15 is 0 Å². The van der Waals surface area contributed by atoms with Crippen molar-refractivity contribution in [2.75, 3.05) is 11.9 Å². The van der Waals surface area contributed by atoms with Gasteiger partial charge < -0.3 is 10.6 Å². The monoisotopic (exact) mass is 366 g/mol. The lowest BCUT2D eigenvalue weighted by atomic mass is 10.1. The minimum Gasteiger partial charge on any atom is -0.352 e. The molecule has 2 amide bonds. The van der Waals surface area contributed by atoms with Crippen LogP contribution in [0.25, 0.3) is 0 Å². The van der Waals surface area contributed by atoms with E-state index < -0.39 is 11.6 Å². The van der Waals surface area contributed by atoms with E-state index in [1.807, 2.05) is 0 Å². The number of anilines is 1. The highest BCUT2D eigenvalue weighted by molar-refractivity contribution is 6.34. The summed E-state index contributed by atoms with van der Waals surface area (Å²) >= 11 is 5.99. The van der Waals surface area contributed by atoms with Gasteiger partial charge in [-0.2, -0.15) is 0 Å². The van der Waals surface area contributed by atoms with Crippen molar-refractivity contribution in [3.63, 3.8) is 0 Å². The van der Waals surface area contributed by atoms with E-state index in [1.54, 1.807) is 13.0 Å². The van der Waals surface area contributed by atoms with Crippen LogP contribution >= 0.6 is 11.6 Å². The van der Waals surface area contributed by atoms with E-state index in [0.717, 1.165) is 12.1 Å². The molecule has 0 radical (unpaired) electrons.